The summed E-state index contributed by atoms with van der Waals surface area (Å²) in [6.45, 7) is 5.91. The Labute approximate surface area is 216 Å². The molecule has 6 heteroatoms. The molecule has 5 aromatic rings. The van der Waals surface area contributed by atoms with Crippen molar-refractivity contribution in [2.24, 2.45) is 7.05 Å². The van der Waals surface area contributed by atoms with Gasteiger partial charge in [-0.15, -0.1) is 0 Å². The van der Waals surface area contributed by atoms with Crippen LogP contribution in [-0.2, 0) is 17.3 Å². The first-order chi connectivity index (χ1) is 17.7. The van der Waals surface area contributed by atoms with Gasteiger partial charge in [0.05, 0.1) is 22.6 Å². The number of imidazole rings is 1. The van der Waals surface area contributed by atoms with E-state index in [1.165, 1.54) is 0 Å². The maximum absolute atomic E-state index is 13.2. The van der Waals surface area contributed by atoms with Crippen molar-refractivity contribution in [3.63, 3.8) is 0 Å². The second-order valence-corrected chi connectivity index (χ2v) is 10.2. The molecule has 37 heavy (non-hydrogen) atoms. The number of hydrogen-bond donors (Lipinski definition) is 0. The smallest absolute Gasteiger partial charge is 0.301 e. The zero-order chi connectivity index (χ0) is 26.2. The van der Waals surface area contributed by atoms with E-state index in [1.807, 2.05) is 73.1 Å². The number of fused-ring (bicyclic) bond motifs is 1. The molecule has 0 bridgehead atoms. The Morgan fingerprint density at radius 2 is 1.70 bits per heavy atom. The van der Waals surface area contributed by atoms with Gasteiger partial charge in [-0.05, 0) is 66.3 Å². The van der Waals surface area contributed by atoms with Crippen LogP contribution in [0.15, 0.2) is 90.1 Å². The number of nitrogens with zero attached hydrogens (tertiary/aromatic N) is 4. The van der Waals surface area contributed by atoms with Gasteiger partial charge in [0.25, 0.3) is 0 Å². The second-order valence-electron chi connectivity index (χ2n) is 10.2. The van der Waals surface area contributed by atoms with Crippen molar-refractivity contribution in [2.45, 2.75) is 39.0 Å². The predicted octanol–water partition coefficient (Wildman–Crippen LogP) is 6.10. The fraction of sp³-hybridized carbons (Fsp3) is 0.226. The highest BCUT2D eigenvalue weighted by atomic mass is 16.1. The van der Waals surface area contributed by atoms with Crippen molar-refractivity contribution in [3.05, 3.63) is 101 Å². The highest BCUT2D eigenvalue weighted by Crippen LogP contribution is 2.31. The molecule has 0 aliphatic heterocycles. The van der Waals surface area contributed by atoms with Crippen LogP contribution >= 0.6 is 0 Å². The fourth-order valence-electron chi connectivity index (χ4n) is 4.66. The molecule has 3 aromatic heterocycles. The number of hydrogen-bond acceptors (Lipinski definition) is 4. The SMILES string of the molecule is CC(=O)CCC(C)(C)c1ccc(-n2c(-c3cc(-c4cnc5ccccc5c4)ccn3)cn(C)c2=O)cc1. The first-order valence-corrected chi connectivity index (χ1v) is 12.4. The van der Waals surface area contributed by atoms with Crippen LogP contribution in [0.2, 0.25) is 0 Å². The number of aromatic nitrogens is 4. The Balaban J connectivity index is 1.53. The number of benzene rings is 2. The average molecular weight is 491 g/mol. The van der Waals surface area contributed by atoms with E-state index in [2.05, 4.69) is 29.9 Å². The van der Waals surface area contributed by atoms with Crippen molar-refractivity contribution in [1.82, 2.24) is 19.1 Å². The number of ketones is 1. The van der Waals surface area contributed by atoms with Crippen molar-refractivity contribution < 1.29 is 4.79 Å². The first-order valence-electron chi connectivity index (χ1n) is 12.4. The van der Waals surface area contributed by atoms with Crippen LogP contribution in [0.3, 0.4) is 0 Å². The lowest BCUT2D eigenvalue weighted by atomic mass is 9.80. The number of rotatable bonds is 7. The molecular formula is C31H30N4O2. The molecule has 0 N–H and O–H groups in total. The van der Waals surface area contributed by atoms with Crippen molar-refractivity contribution in [3.8, 4) is 28.2 Å². The second kappa shape index (κ2) is 9.62. The normalized spacial score (nSPS) is 11.7. The van der Waals surface area contributed by atoms with Gasteiger partial charge in [0, 0.05) is 43.0 Å². The van der Waals surface area contributed by atoms with Crippen LogP contribution in [0, 0.1) is 0 Å². The quantitative estimate of drug-likeness (QED) is 0.276. The van der Waals surface area contributed by atoms with Crippen molar-refractivity contribution in [2.75, 3.05) is 0 Å². The first kappa shape index (κ1) is 24.4. The molecule has 2 aromatic carbocycles. The number of carbonyl (C=O) groups is 1. The number of para-hydroxylation sites is 1. The molecule has 3 heterocycles. The van der Waals surface area contributed by atoms with Gasteiger partial charge in [0.15, 0.2) is 0 Å². The van der Waals surface area contributed by atoms with Gasteiger partial charge in [-0.1, -0.05) is 44.2 Å². The third-order valence-corrected chi connectivity index (χ3v) is 7.01. The van der Waals surface area contributed by atoms with E-state index in [1.54, 1.807) is 29.3 Å². The summed E-state index contributed by atoms with van der Waals surface area (Å²) in [6.07, 6.45) is 6.77. The fourth-order valence-corrected chi connectivity index (χ4v) is 4.66. The van der Waals surface area contributed by atoms with Crippen LogP contribution in [0.25, 0.3) is 39.1 Å². The summed E-state index contributed by atoms with van der Waals surface area (Å²) < 4.78 is 3.27. The van der Waals surface area contributed by atoms with E-state index >= 15 is 0 Å². The van der Waals surface area contributed by atoms with E-state index in [0.717, 1.165) is 39.7 Å². The van der Waals surface area contributed by atoms with E-state index < -0.39 is 0 Å². The van der Waals surface area contributed by atoms with Gasteiger partial charge in [0.2, 0.25) is 0 Å². The van der Waals surface area contributed by atoms with E-state index in [0.29, 0.717) is 17.8 Å². The van der Waals surface area contributed by atoms with E-state index in [4.69, 9.17) is 0 Å². The minimum Gasteiger partial charge on any atom is -0.301 e. The molecule has 0 saturated carbocycles. The molecular weight excluding hydrogens is 460 g/mol. The zero-order valence-corrected chi connectivity index (χ0v) is 21.6. The molecule has 0 unspecified atom stereocenters. The lowest BCUT2D eigenvalue weighted by molar-refractivity contribution is -0.117. The Morgan fingerprint density at radius 3 is 2.46 bits per heavy atom. The Kier molecular flexibility index (Phi) is 6.34. The largest absolute Gasteiger partial charge is 0.333 e. The summed E-state index contributed by atoms with van der Waals surface area (Å²) in [4.78, 5) is 33.9. The maximum Gasteiger partial charge on any atom is 0.333 e. The lowest BCUT2D eigenvalue weighted by Crippen LogP contribution is -2.22. The Bertz CT molecular complexity index is 1660. The van der Waals surface area contributed by atoms with Crippen LogP contribution in [-0.4, -0.2) is 24.9 Å². The summed E-state index contributed by atoms with van der Waals surface area (Å²) in [5.41, 5.74) is 5.96. The third-order valence-electron chi connectivity index (χ3n) is 7.01. The van der Waals surface area contributed by atoms with Gasteiger partial charge in [-0.25, -0.2) is 4.79 Å². The van der Waals surface area contributed by atoms with Crippen molar-refractivity contribution >= 4 is 16.7 Å². The molecule has 6 nitrogen and oxygen atoms in total. The van der Waals surface area contributed by atoms with Gasteiger partial charge >= 0.3 is 5.69 Å². The Hall–Kier alpha value is -4.32. The highest BCUT2D eigenvalue weighted by molar-refractivity contribution is 5.84. The number of Topliss-reactive ketones (excluding diaryl/α,β-unsaturated/α-hetero) is 1. The molecule has 0 saturated heterocycles. The number of carbonyl (C=O) groups excluding carboxylic acids is 1. The van der Waals surface area contributed by atoms with Gasteiger partial charge < -0.3 is 9.36 Å². The lowest BCUT2D eigenvalue weighted by Gasteiger charge is -2.25. The summed E-state index contributed by atoms with van der Waals surface area (Å²) in [5.74, 6) is 0.194. The third kappa shape index (κ3) is 4.87. The molecule has 186 valence electrons. The highest BCUT2D eigenvalue weighted by Gasteiger charge is 2.22. The zero-order valence-electron chi connectivity index (χ0n) is 21.6. The maximum atomic E-state index is 13.2. The van der Waals surface area contributed by atoms with E-state index in [-0.39, 0.29) is 16.9 Å². The monoisotopic (exact) mass is 490 g/mol. The summed E-state index contributed by atoms with van der Waals surface area (Å²) in [5, 5.41) is 1.07. The van der Waals surface area contributed by atoms with Gasteiger partial charge in [-0.2, -0.15) is 0 Å². The van der Waals surface area contributed by atoms with Gasteiger partial charge in [-0.3, -0.25) is 14.5 Å². The van der Waals surface area contributed by atoms with Crippen LogP contribution < -0.4 is 5.69 Å². The Morgan fingerprint density at radius 1 is 0.946 bits per heavy atom. The standard InChI is InChI=1S/C31H30N4O2/c1-21(36)13-15-31(2,3)25-9-11-26(12-10-25)35-29(20-34(4)30(35)37)28-18-22(14-16-32-28)24-17-23-7-5-6-8-27(23)33-19-24/h5-12,14,16-20H,13,15H2,1-4H3. The summed E-state index contributed by atoms with van der Waals surface area (Å²) in [7, 11) is 1.75. The molecule has 0 radical (unpaired) electrons. The molecule has 0 aliphatic carbocycles. The molecule has 0 amide bonds. The molecule has 5 rings (SSSR count). The van der Waals surface area contributed by atoms with Crippen LogP contribution in [0.5, 0.6) is 0 Å². The molecule has 0 atom stereocenters. The number of pyridine rings is 2. The van der Waals surface area contributed by atoms with E-state index in [9.17, 15) is 9.59 Å². The van der Waals surface area contributed by atoms with Crippen LogP contribution in [0.1, 0.15) is 39.2 Å². The minimum absolute atomic E-state index is 0.140. The summed E-state index contributed by atoms with van der Waals surface area (Å²) in [6, 6.07) is 22.1. The average Bonchev–Trinajstić information content (AvgIpc) is 3.21. The molecule has 0 spiro atoms. The predicted molar refractivity (Wildman–Crippen MR) is 148 cm³/mol. The van der Waals surface area contributed by atoms with Gasteiger partial charge in [0.1, 0.15) is 5.78 Å². The summed E-state index contributed by atoms with van der Waals surface area (Å²) >= 11 is 0. The number of aryl methyl sites for hydroxylation is 1. The minimum atomic E-state index is -0.141. The topological polar surface area (TPSA) is 69.8 Å². The van der Waals surface area contributed by atoms with Crippen molar-refractivity contribution in [1.29, 1.82) is 0 Å². The molecule has 0 aliphatic rings. The van der Waals surface area contributed by atoms with Crippen LogP contribution in [0.4, 0.5) is 0 Å². The molecule has 0 fully saturated rings.